The van der Waals surface area contributed by atoms with Gasteiger partial charge in [-0.25, -0.2) is 9.78 Å². The van der Waals surface area contributed by atoms with Gasteiger partial charge in [-0.2, -0.15) is 0 Å². The van der Waals surface area contributed by atoms with Gasteiger partial charge in [-0.05, 0) is 0 Å². The van der Waals surface area contributed by atoms with Gasteiger partial charge in [0, 0.05) is 0 Å². The Hall–Kier alpha value is -0.240. The quantitative estimate of drug-likeness (QED) is 0.342. The molecule has 1 rings (SSSR count). The van der Waals surface area contributed by atoms with E-state index in [9.17, 15) is 0 Å². The maximum atomic E-state index is 8.10. The Morgan fingerprint density at radius 2 is 1.14 bits per heavy atom. The van der Waals surface area contributed by atoms with Crippen LogP contribution in [-0.4, -0.2) is 63.1 Å². The van der Waals surface area contributed by atoms with Gasteiger partial charge >= 0.3 is 0 Å². The van der Waals surface area contributed by atoms with Crippen LogP contribution in [0.25, 0.3) is 0 Å². The number of aliphatic hydroxyl groups is 2. The predicted octanol–water partition coefficient (Wildman–Crippen LogP) is -1.05. The van der Waals surface area contributed by atoms with E-state index in [1.54, 1.807) is 0 Å². The lowest BCUT2D eigenvalue weighted by Crippen LogP contribution is -2.16. The fourth-order valence-electron chi connectivity index (χ4n) is 0.632. The van der Waals surface area contributed by atoms with Crippen molar-refractivity contribution in [3.63, 3.8) is 0 Å². The zero-order valence-corrected chi connectivity index (χ0v) is 8.18. The molecular formula is C8H18O6. The van der Waals surface area contributed by atoms with E-state index in [0.29, 0.717) is 0 Å². The molecule has 0 aliphatic carbocycles. The van der Waals surface area contributed by atoms with Crippen molar-refractivity contribution < 1.29 is 29.5 Å². The zero-order chi connectivity index (χ0) is 10.5. The molecule has 0 bridgehead atoms. The molecular weight excluding hydrogens is 192 g/mol. The molecule has 2 N–H and O–H groups in total. The molecule has 1 aliphatic rings. The highest BCUT2D eigenvalue weighted by Gasteiger charge is 1.94. The Bertz CT molecular complexity index is 78.3. The number of hydrogen-bond donors (Lipinski definition) is 2. The Morgan fingerprint density at radius 1 is 0.786 bits per heavy atom. The Balaban J connectivity index is 0.000000249. The van der Waals surface area contributed by atoms with Crippen molar-refractivity contribution >= 4 is 0 Å². The summed E-state index contributed by atoms with van der Waals surface area (Å²) in [6, 6.07) is 0. The lowest BCUT2D eigenvalue weighted by atomic mass is 10.6. The third kappa shape index (κ3) is 11.8. The van der Waals surface area contributed by atoms with Crippen molar-refractivity contribution in [3.8, 4) is 0 Å². The van der Waals surface area contributed by atoms with E-state index in [1.807, 2.05) is 0 Å². The fourth-order valence-corrected chi connectivity index (χ4v) is 0.632. The number of rotatable bonds is 5. The highest BCUT2D eigenvalue weighted by atomic mass is 17.2. The summed E-state index contributed by atoms with van der Waals surface area (Å²) in [5, 5.41) is 16.2. The molecule has 0 aromatic heterocycles. The summed E-state index contributed by atoms with van der Waals surface area (Å²) in [5.41, 5.74) is 0. The molecule has 86 valence electrons. The van der Waals surface area contributed by atoms with Crippen molar-refractivity contribution in [2.24, 2.45) is 0 Å². The van der Waals surface area contributed by atoms with E-state index >= 15 is 0 Å². The molecule has 1 aliphatic heterocycles. The van der Waals surface area contributed by atoms with Crippen LogP contribution < -0.4 is 0 Å². The molecule has 0 amide bonds. The summed E-state index contributed by atoms with van der Waals surface area (Å²) in [6.45, 7) is 3.29. The summed E-state index contributed by atoms with van der Waals surface area (Å²) in [5.74, 6) is 0. The van der Waals surface area contributed by atoms with Crippen LogP contribution in [0.4, 0.5) is 0 Å². The first-order chi connectivity index (χ1) is 6.91. The molecule has 1 heterocycles. The molecule has 6 nitrogen and oxygen atoms in total. The first kappa shape index (κ1) is 13.8. The second-order valence-electron chi connectivity index (χ2n) is 2.32. The van der Waals surface area contributed by atoms with Crippen molar-refractivity contribution in [1.82, 2.24) is 0 Å². The Morgan fingerprint density at radius 3 is 1.36 bits per heavy atom. The van der Waals surface area contributed by atoms with Gasteiger partial charge < -0.3 is 19.7 Å². The Labute approximate surface area is 83.3 Å². The lowest BCUT2D eigenvalue weighted by Gasteiger charge is -2.09. The fraction of sp³-hybridized carbons (Fsp3) is 1.00. The van der Waals surface area contributed by atoms with E-state index in [2.05, 4.69) is 9.78 Å². The molecule has 0 aromatic rings. The zero-order valence-electron chi connectivity index (χ0n) is 8.18. The molecule has 0 unspecified atom stereocenters. The van der Waals surface area contributed by atoms with Crippen molar-refractivity contribution in [2.45, 2.75) is 0 Å². The summed E-state index contributed by atoms with van der Waals surface area (Å²) >= 11 is 0. The van der Waals surface area contributed by atoms with Gasteiger partial charge in [0.05, 0.1) is 39.6 Å². The summed E-state index contributed by atoms with van der Waals surface area (Å²) in [7, 11) is 0. The predicted molar refractivity (Wildman–Crippen MR) is 47.7 cm³/mol. The van der Waals surface area contributed by atoms with Gasteiger partial charge in [0.25, 0.3) is 0 Å². The summed E-state index contributed by atoms with van der Waals surface area (Å²) < 4.78 is 9.89. The minimum absolute atomic E-state index is 0.0641. The second kappa shape index (κ2) is 12.8. The third-order valence-corrected chi connectivity index (χ3v) is 1.18. The van der Waals surface area contributed by atoms with E-state index < -0.39 is 0 Å². The van der Waals surface area contributed by atoms with Crippen molar-refractivity contribution in [2.75, 3.05) is 52.9 Å². The average molecular weight is 210 g/mol. The Kier molecular flexibility index (Phi) is 12.5. The SMILES string of the molecule is C1COCCO1.OCCOOCCO. The summed E-state index contributed by atoms with van der Waals surface area (Å²) in [6.07, 6.45) is 0. The van der Waals surface area contributed by atoms with Crippen LogP contribution in [0.2, 0.25) is 0 Å². The summed E-state index contributed by atoms with van der Waals surface area (Å²) in [4.78, 5) is 8.63. The van der Waals surface area contributed by atoms with Crippen molar-refractivity contribution in [3.05, 3.63) is 0 Å². The van der Waals surface area contributed by atoms with E-state index in [0.717, 1.165) is 26.4 Å². The van der Waals surface area contributed by atoms with Crippen LogP contribution >= 0.6 is 0 Å². The van der Waals surface area contributed by atoms with Crippen LogP contribution in [0.5, 0.6) is 0 Å². The second-order valence-corrected chi connectivity index (χ2v) is 2.32. The third-order valence-electron chi connectivity index (χ3n) is 1.18. The largest absolute Gasteiger partial charge is 0.394 e. The highest BCUT2D eigenvalue weighted by molar-refractivity contribution is 4.37. The first-order valence-electron chi connectivity index (χ1n) is 4.53. The van der Waals surface area contributed by atoms with Gasteiger partial charge in [-0.3, -0.25) is 0 Å². The molecule has 0 saturated carbocycles. The standard InChI is InChI=1S/C4H10O4.C4H8O2/c5-1-3-7-8-4-2-6;1-2-6-4-3-5-1/h5-6H,1-4H2;1-4H2. The van der Waals surface area contributed by atoms with E-state index in [1.165, 1.54) is 0 Å². The van der Waals surface area contributed by atoms with E-state index in [4.69, 9.17) is 19.7 Å². The lowest BCUT2D eigenvalue weighted by molar-refractivity contribution is -0.300. The maximum absolute atomic E-state index is 8.10. The smallest absolute Gasteiger partial charge is 0.105 e. The minimum atomic E-state index is -0.0641. The molecule has 0 spiro atoms. The number of hydrogen-bond acceptors (Lipinski definition) is 6. The molecule has 14 heavy (non-hydrogen) atoms. The maximum Gasteiger partial charge on any atom is 0.105 e. The average Bonchev–Trinajstić information content (AvgIpc) is 2.28. The van der Waals surface area contributed by atoms with Crippen LogP contribution in [0.1, 0.15) is 0 Å². The van der Waals surface area contributed by atoms with Crippen LogP contribution in [-0.2, 0) is 19.2 Å². The molecule has 1 saturated heterocycles. The van der Waals surface area contributed by atoms with Gasteiger partial charge in [0.15, 0.2) is 0 Å². The number of aliphatic hydroxyl groups excluding tert-OH is 2. The highest BCUT2D eigenvalue weighted by Crippen LogP contribution is 1.85. The van der Waals surface area contributed by atoms with Crippen LogP contribution in [0.15, 0.2) is 0 Å². The van der Waals surface area contributed by atoms with Gasteiger partial charge in [0.2, 0.25) is 0 Å². The molecule has 6 heteroatoms. The van der Waals surface area contributed by atoms with Crippen molar-refractivity contribution in [1.29, 1.82) is 0 Å². The van der Waals surface area contributed by atoms with Gasteiger partial charge in [0.1, 0.15) is 13.2 Å². The van der Waals surface area contributed by atoms with Gasteiger partial charge in [-0.15, -0.1) is 0 Å². The molecule has 0 aromatic carbocycles. The normalized spacial score (nSPS) is 15.9. The minimum Gasteiger partial charge on any atom is -0.394 e. The number of ether oxygens (including phenoxy) is 2. The monoisotopic (exact) mass is 210 g/mol. The molecule has 0 atom stereocenters. The topological polar surface area (TPSA) is 77.4 Å². The molecule has 0 radical (unpaired) electrons. The van der Waals surface area contributed by atoms with Crippen LogP contribution in [0, 0.1) is 0 Å². The first-order valence-corrected chi connectivity index (χ1v) is 4.53. The van der Waals surface area contributed by atoms with Gasteiger partial charge in [-0.1, -0.05) is 0 Å². The van der Waals surface area contributed by atoms with E-state index in [-0.39, 0.29) is 26.4 Å². The van der Waals surface area contributed by atoms with Crippen LogP contribution in [0.3, 0.4) is 0 Å². The molecule has 1 fully saturated rings.